The Morgan fingerprint density at radius 1 is 1.24 bits per heavy atom. The number of hydrogen-bond acceptors (Lipinski definition) is 3. The standard InChI is InChI=1S/C18H30N2O/c1-4-18(5-2)10-11-20(14-18)17(12-19)16-8-6-15(7-9-16)13-21-3/h6-9,17H,4-5,10-14,19H2,1-3H3. The Labute approximate surface area is 129 Å². The Hall–Kier alpha value is -0.900. The van der Waals surface area contributed by atoms with Gasteiger partial charge in [0.05, 0.1) is 6.61 Å². The molecule has 1 heterocycles. The highest BCUT2D eigenvalue weighted by Crippen LogP contribution is 2.40. The summed E-state index contributed by atoms with van der Waals surface area (Å²) in [5.41, 5.74) is 9.14. The number of likely N-dealkylation sites (tertiary alicyclic amines) is 1. The van der Waals surface area contributed by atoms with Gasteiger partial charge in [0.25, 0.3) is 0 Å². The lowest BCUT2D eigenvalue weighted by Crippen LogP contribution is -2.34. The summed E-state index contributed by atoms with van der Waals surface area (Å²) in [6.45, 7) is 8.36. The normalized spacial score (nSPS) is 19.8. The Bertz CT molecular complexity index is 425. The summed E-state index contributed by atoms with van der Waals surface area (Å²) < 4.78 is 5.18. The summed E-state index contributed by atoms with van der Waals surface area (Å²) >= 11 is 0. The van der Waals surface area contributed by atoms with Gasteiger partial charge in [0.2, 0.25) is 0 Å². The molecular weight excluding hydrogens is 260 g/mol. The lowest BCUT2D eigenvalue weighted by Gasteiger charge is -2.31. The quantitative estimate of drug-likeness (QED) is 0.837. The van der Waals surface area contributed by atoms with E-state index in [0.29, 0.717) is 24.6 Å². The van der Waals surface area contributed by atoms with Gasteiger partial charge in [-0.25, -0.2) is 0 Å². The highest BCUT2D eigenvalue weighted by atomic mass is 16.5. The third-order valence-corrected chi connectivity index (χ3v) is 5.31. The topological polar surface area (TPSA) is 38.5 Å². The molecule has 2 N–H and O–H groups in total. The van der Waals surface area contributed by atoms with Gasteiger partial charge < -0.3 is 10.5 Å². The van der Waals surface area contributed by atoms with Crippen LogP contribution in [0.3, 0.4) is 0 Å². The lowest BCUT2D eigenvalue weighted by molar-refractivity contribution is 0.184. The zero-order valence-corrected chi connectivity index (χ0v) is 13.8. The summed E-state index contributed by atoms with van der Waals surface area (Å²) in [5.74, 6) is 0. The average molecular weight is 290 g/mol. The smallest absolute Gasteiger partial charge is 0.0713 e. The summed E-state index contributed by atoms with van der Waals surface area (Å²) in [6, 6.07) is 9.09. The Balaban J connectivity index is 2.09. The van der Waals surface area contributed by atoms with Crippen LogP contribution in [0.4, 0.5) is 0 Å². The molecule has 0 radical (unpaired) electrons. The first-order chi connectivity index (χ1) is 10.2. The molecule has 1 saturated heterocycles. The van der Waals surface area contributed by atoms with Crippen molar-refractivity contribution in [1.82, 2.24) is 4.90 Å². The molecule has 1 aromatic rings. The van der Waals surface area contributed by atoms with Crippen LogP contribution in [-0.4, -0.2) is 31.6 Å². The number of nitrogens with zero attached hydrogens (tertiary/aromatic N) is 1. The zero-order valence-electron chi connectivity index (χ0n) is 13.8. The maximum atomic E-state index is 6.09. The second kappa shape index (κ2) is 7.39. The summed E-state index contributed by atoms with van der Waals surface area (Å²) in [6.07, 6.45) is 3.84. The molecule has 0 spiro atoms. The number of rotatable bonds is 7. The maximum Gasteiger partial charge on any atom is 0.0713 e. The molecule has 0 aromatic heterocycles. The highest BCUT2D eigenvalue weighted by molar-refractivity contribution is 5.25. The van der Waals surface area contributed by atoms with Crippen molar-refractivity contribution in [2.45, 2.75) is 45.8 Å². The molecule has 3 heteroatoms. The summed E-state index contributed by atoms with van der Waals surface area (Å²) in [4.78, 5) is 2.58. The number of nitrogens with two attached hydrogens (primary N) is 1. The first-order valence-corrected chi connectivity index (χ1v) is 8.20. The van der Waals surface area contributed by atoms with Gasteiger partial charge in [0.1, 0.15) is 0 Å². The number of ether oxygens (including phenoxy) is 1. The van der Waals surface area contributed by atoms with Crippen LogP contribution in [0, 0.1) is 5.41 Å². The van der Waals surface area contributed by atoms with Crippen LogP contribution in [0.15, 0.2) is 24.3 Å². The molecule has 118 valence electrons. The van der Waals surface area contributed by atoms with Crippen molar-refractivity contribution in [2.24, 2.45) is 11.1 Å². The van der Waals surface area contributed by atoms with E-state index in [4.69, 9.17) is 10.5 Å². The molecule has 2 rings (SSSR count). The molecule has 1 aromatic carbocycles. The summed E-state index contributed by atoms with van der Waals surface area (Å²) in [5, 5.41) is 0. The van der Waals surface area contributed by atoms with Crippen LogP contribution in [0.2, 0.25) is 0 Å². The van der Waals surface area contributed by atoms with E-state index in [9.17, 15) is 0 Å². The van der Waals surface area contributed by atoms with E-state index in [2.05, 4.69) is 43.0 Å². The molecule has 1 aliphatic heterocycles. The predicted molar refractivity (Wildman–Crippen MR) is 88.2 cm³/mol. The monoisotopic (exact) mass is 290 g/mol. The van der Waals surface area contributed by atoms with Gasteiger partial charge in [-0.05, 0) is 42.3 Å². The SMILES string of the molecule is CCC1(CC)CCN(C(CN)c2ccc(COC)cc2)C1. The molecule has 1 fully saturated rings. The molecule has 21 heavy (non-hydrogen) atoms. The minimum absolute atomic E-state index is 0.349. The van der Waals surface area contributed by atoms with Crippen molar-refractivity contribution in [3.05, 3.63) is 35.4 Å². The van der Waals surface area contributed by atoms with Gasteiger partial charge in [-0.1, -0.05) is 38.1 Å². The van der Waals surface area contributed by atoms with E-state index in [-0.39, 0.29) is 0 Å². The second-order valence-electron chi connectivity index (χ2n) is 6.35. The van der Waals surface area contributed by atoms with Crippen molar-refractivity contribution in [1.29, 1.82) is 0 Å². The fourth-order valence-corrected chi connectivity index (χ4v) is 3.56. The molecule has 0 bridgehead atoms. The minimum atomic E-state index is 0.349. The van der Waals surface area contributed by atoms with Crippen LogP contribution >= 0.6 is 0 Å². The Morgan fingerprint density at radius 2 is 1.90 bits per heavy atom. The second-order valence-corrected chi connectivity index (χ2v) is 6.35. The van der Waals surface area contributed by atoms with E-state index in [1.54, 1.807) is 7.11 Å². The molecule has 1 aliphatic rings. The fourth-order valence-electron chi connectivity index (χ4n) is 3.56. The number of benzene rings is 1. The maximum absolute atomic E-state index is 6.09. The predicted octanol–water partition coefficient (Wildman–Crippen LogP) is 3.34. The Kier molecular flexibility index (Phi) is 5.80. The van der Waals surface area contributed by atoms with Crippen LogP contribution in [0.1, 0.15) is 50.3 Å². The van der Waals surface area contributed by atoms with Crippen LogP contribution in [0.25, 0.3) is 0 Å². The van der Waals surface area contributed by atoms with Gasteiger partial charge in [0, 0.05) is 26.2 Å². The van der Waals surface area contributed by atoms with E-state index >= 15 is 0 Å². The first kappa shape index (κ1) is 16.5. The lowest BCUT2D eigenvalue weighted by atomic mass is 9.82. The third kappa shape index (κ3) is 3.65. The third-order valence-electron chi connectivity index (χ3n) is 5.31. The van der Waals surface area contributed by atoms with Gasteiger partial charge in [-0.2, -0.15) is 0 Å². The molecule has 0 saturated carbocycles. The molecule has 0 aliphatic carbocycles. The average Bonchev–Trinajstić information content (AvgIpc) is 2.95. The summed E-state index contributed by atoms with van der Waals surface area (Å²) in [7, 11) is 1.73. The first-order valence-electron chi connectivity index (χ1n) is 8.20. The van der Waals surface area contributed by atoms with E-state index < -0.39 is 0 Å². The highest BCUT2D eigenvalue weighted by Gasteiger charge is 2.37. The van der Waals surface area contributed by atoms with Gasteiger partial charge in [-0.3, -0.25) is 4.90 Å². The Morgan fingerprint density at radius 3 is 2.38 bits per heavy atom. The van der Waals surface area contributed by atoms with E-state index in [1.807, 2.05) is 0 Å². The minimum Gasteiger partial charge on any atom is -0.380 e. The zero-order chi connectivity index (χ0) is 15.3. The molecule has 1 atom stereocenters. The largest absolute Gasteiger partial charge is 0.380 e. The van der Waals surface area contributed by atoms with Crippen molar-refractivity contribution in [3.63, 3.8) is 0 Å². The van der Waals surface area contributed by atoms with Crippen molar-refractivity contribution >= 4 is 0 Å². The van der Waals surface area contributed by atoms with Crippen molar-refractivity contribution in [3.8, 4) is 0 Å². The molecule has 3 nitrogen and oxygen atoms in total. The van der Waals surface area contributed by atoms with Gasteiger partial charge in [0.15, 0.2) is 0 Å². The van der Waals surface area contributed by atoms with E-state index in [0.717, 1.165) is 0 Å². The molecule has 0 amide bonds. The molecular formula is C18H30N2O. The van der Waals surface area contributed by atoms with Gasteiger partial charge >= 0.3 is 0 Å². The van der Waals surface area contributed by atoms with Crippen molar-refractivity contribution < 1.29 is 4.74 Å². The molecule has 1 unspecified atom stereocenters. The fraction of sp³-hybridized carbons (Fsp3) is 0.667. The van der Waals surface area contributed by atoms with Crippen LogP contribution in [0.5, 0.6) is 0 Å². The van der Waals surface area contributed by atoms with Crippen LogP contribution < -0.4 is 5.73 Å². The number of methoxy groups -OCH3 is 1. The van der Waals surface area contributed by atoms with E-state index in [1.165, 1.54) is 43.5 Å². The van der Waals surface area contributed by atoms with Crippen LogP contribution in [-0.2, 0) is 11.3 Å². The van der Waals surface area contributed by atoms with Gasteiger partial charge in [-0.15, -0.1) is 0 Å². The van der Waals surface area contributed by atoms with Crippen molar-refractivity contribution in [2.75, 3.05) is 26.7 Å². The number of hydrogen-bond donors (Lipinski definition) is 1.